The quantitative estimate of drug-likeness (QED) is 0.683. The van der Waals surface area contributed by atoms with E-state index < -0.39 is 0 Å². The van der Waals surface area contributed by atoms with Crippen molar-refractivity contribution < 1.29 is 0 Å². The van der Waals surface area contributed by atoms with Crippen LogP contribution < -0.4 is 0 Å². The van der Waals surface area contributed by atoms with Gasteiger partial charge in [-0.1, -0.05) is 36.4 Å². The Hall–Kier alpha value is -2.16. The molecular weight excluding hydrogens is 210 g/mol. The minimum Gasteiger partial charge on any atom is -0.286 e. The van der Waals surface area contributed by atoms with E-state index in [1.807, 2.05) is 34.9 Å². The zero-order valence-corrected chi connectivity index (χ0v) is 9.45. The molecule has 1 aromatic carbocycles. The summed E-state index contributed by atoms with van der Waals surface area (Å²) in [5.41, 5.74) is 2.25. The van der Waals surface area contributed by atoms with Crippen molar-refractivity contribution in [2.24, 2.45) is 0 Å². The highest BCUT2D eigenvalue weighted by Gasteiger charge is 2.04. The van der Waals surface area contributed by atoms with Crippen LogP contribution in [0.2, 0.25) is 0 Å². The molecule has 0 unspecified atom stereocenters. The van der Waals surface area contributed by atoms with E-state index in [4.69, 9.17) is 0 Å². The van der Waals surface area contributed by atoms with Gasteiger partial charge in [-0.2, -0.15) is 0 Å². The lowest BCUT2D eigenvalue weighted by Crippen LogP contribution is -1.97. The average molecular weight is 223 g/mol. The lowest BCUT2D eigenvalue weighted by molar-refractivity contribution is 0.839. The predicted octanol–water partition coefficient (Wildman–Crippen LogP) is 2.51. The van der Waals surface area contributed by atoms with Crippen LogP contribution in [0.3, 0.4) is 0 Å². The van der Waals surface area contributed by atoms with Crippen LogP contribution in [0.1, 0.15) is 11.4 Å². The summed E-state index contributed by atoms with van der Waals surface area (Å²) in [6.07, 6.45) is 3.92. The monoisotopic (exact) mass is 223 g/mol. The molecule has 0 aliphatic heterocycles. The maximum atomic E-state index is 4.22. The fourth-order valence-corrected chi connectivity index (χ4v) is 1.96. The molecule has 0 bridgehead atoms. The molecular formula is C14H13N3. The zero-order valence-electron chi connectivity index (χ0n) is 9.45. The molecule has 0 amide bonds. The second kappa shape index (κ2) is 4.37. The topological polar surface area (TPSA) is 30.2 Å². The summed E-state index contributed by atoms with van der Waals surface area (Å²) in [4.78, 5) is 0. The first kappa shape index (κ1) is 10.0. The maximum absolute atomic E-state index is 4.22. The number of pyridine rings is 1. The van der Waals surface area contributed by atoms with E-state index >= 15 is 0 Å². The molecule has 17 heavy (non-hydrogen) atoms. The third-order valence-corrected chi connectivity index (χ3v) is 2.86. The lowest BCUT2D eigenvalue weighted by atomic mass is 10.1. The Bertz CT molecular complexity index is 613. The fourth-order valence-electron chi connectivity index (χ4n) is 1.96. The minimum atomic E-state index is 0.912. The van der Waals surface area contributed by atoms with E-state index in [9.17, 15) is 0 Å². The van der Waals surface area contributed by atoms with Gasteiger partial charge in [0.25, 0.3) is 0 Å². The van der Waals surface area contributed by atoms with Crippen LogP contribution in [0.15, 0.2) is 54.7 Å². The van der Waals surface area contributed by atoms with Crippen LogP contribution >= 0.6 is 0 Å². The summed E-state index contributed by atoms with van der Waals surface area (Å²) in [6.45, 7) is 0. The van der Waals surface area contributed by atoms with Crippen molar-refractivity contribution in [2.75, 3.05) is 0 Å². The van der Waals surface area contributed by atoms with Crippen LogP contribution in [0.25, 0.3) is 5.65 Å². The lowest BCUT2D eigenvalue weighted by Gasteiger charge is -2.00. The van der Waals surface area contributed by atoms with Crippen molar-refractivity contribution in [3.8, 4) is 0 Å². The van der Waals surface area contributed by atoms with Crippen molar-refractivity contribution in [3.63, 3.8) is 0 Å². The van der Waals surface area contributed by atoms with Gasteiger partial charge in [0.05, 0.1) is 0 Å². The van der Waals surface area contributed by atoms with Gasteiger partial charge in [-0.05, 0) is 24.1 Å². The highest BCUT2D eigenvalue weighted by molar-refractivity contribution is 5.37. The normalized spacial score (nSPS) is 10.8. The summed E-state index contributed by atoms with van der Waals surface area (Å²) in [7, 11) is 0. The van der Waals surface area contributed by atoms with Crippen LogP contribution in [-0.4, -0.2) is 14.6 Å². The average Bonchev–Trinajstić information content (AvgIpc) is 2.81. The number of fused-ring (bicyclic) bond motifs is 1. The second-order valence-electron chi connectivity index (χ2n) is 4.03. The molecule has 0 atom stereocenters. The van der Waals surface area contributed by atoms with E-state index in [0.29, 0.717) is 0 Å². The standard InChI is InChI=1S/C14H13N3/c1-2-6-12(7-3-1)9-10-14-16-15-13-8-4-5-11-17(13)14/h1-8,11H,9-10H2. The van der Waals surface area contributed by atoms with Gasteiger partial charge in [0.15, 0.2) is 5.65 Å². The molecule has 84 valence electrons. The van der Waals surface area contributed by atoms with Crippen LogP contribution in [0.5, 0.6) is 0 Å². The van der Waals surface area contributed by atoms with Gasteiger partial charge < -0.3 is 0 Å². The predicted molar refractivity (Wildman–Crippen MR) is 66.8 cm³/mol. The molecule has 0 saturated heterocycles. The Morgan fingerprint density at radius 1 is 0.824 bits per heavy atom. The second-order valence-corrected chi connectivity index (χ2v) is 4.03. The summed E-state index contributed by atoms with van der Waals surface area (Å²) in [5, 5.41) is 8.37. The van der Waals surface area contributed by atoms with Gasteiger partial charge >= 0.3 is 0 Å². The van der Waals surface area contributed by atoms with Crippen molar-refractivity contribution >= 4 is 5.65 Å². The SMILES string of the molecule is c1ccc(CCc2nnc3ccccn23)cc1. The maximum Gasteiger partial charge on any atom is 0.160 e. The molecule has 0 fully saturated rings. The molecule has 0 aliphatic carbocycles. The van der Waals surface area contributed by atoms with Crippen LogP contribution in [0, 0.1) is 0 Å². The van der Waals surface area contributed by atoms with E-state index in [-0.39, 0.29) is 0 Å². The first-order chi connectivity index (χ1) is 8.43. The molecule has 0 spiro atoms. The molecule has 0 N–H and O–H groups in total. The third-order valence-electron chi connectivity index (χ3n) is 2.86. The summed E-state index contributed by atoms with van der Waals surface area (Å²) < 4.78 is 2.04. The molecule has 3 aromatic rings. The summed E-state index contributed by atoms with van der Waals surface area (Å²) in [6, 6.07) is 16.4. The Labute approximate surface area is 99.7 Å². The van der Waals surface area contributed by atoms with E-state index in [2.05, 4.69) is 34.5 Å². The van der Waals surface area contributed by atoms with E-state index in [0.717, 1.165) is 24.3 Å². The van der Waals surface area contributed by atoms with Gasteiger partial charge in [-0.25, -0.2) is 0 Å². The number of nitrogens with zero attached hydrogens (tertiary/aromatic N) is 3. The molecule has 3 nitrogen and oxygen atoms in total. The van der Waals surface area contributed by atoms with Gasteiger partial charge in [0.2, 0.25) is 0 Å². The highest BCUT2D eigenvalue weighted by Crippen LogP contribution is 2.07. The molecule has 2 aromatic heterocycles. The molecule has 3 heteroatoms. The Morgan fingerprint density at radius 3 is 2.53 bits per heavy atom. The number of aromatic nitrogens is 3. The molecule has 0 radical (unpaired) electrons. The molecule has 2 heterocycles. The van der Waals surface area contributed by atoms with E-state index in [1.165, 1.54) is 5.56 Å². The minimum absolute atomic E-state index is 0.912. The van der Waals surface area contributed by atoms with Crippen molar-refractivity contribution in [3.05, 3.63) is 66.1 Å². The van der Waals surface area contributed by atoms with Gasteiger partial charge in [-0.3, -0.25) is 4.40 Å². The number of benzene rings is 1. The van der Waals surface area contributed by atoms with Crippen molar-refractivity contribution in [1.29, 1.82) is 0 Å². The van der Waals surface area contributed by atoms with Gasteiger partial charge in [0.1, 0.15) is 5.82 Å². The Morgan fingerprint density at radius 2 is 1.65 bits per heavy atom. The largest absolute Gasteiger partial charge is 0.286 e. The fraction of sp³-hybridized carbons (Fsp3) is 0.143. The van der Waals surface area contributed by atoms with E-state index in [1.54, 1.807) is 0 Å². The van der Waals surface area contributed by atoms with Gasteiger partial charge in [0, 0.05) is 12.6 Å². The Kier molecular flexibility index (Phi) is 2.58. The molecule has 0 saturated carbocycles. The zero-order chi connectivity index (χ0) is 11.5. The summed E-state index contributed by atoms with van der Waals surface area (Å²) >= 11 is 0. The number of hydrogen-bond donors (Lipinski definition) is 0. The van der Waals surface area contributed by atoms with Gasteiger partial charge in [-0.15, -0.1) is 10.2 Å². The first-order valence-electron chi connectivity index (χ1n) is 5.76. The van der Waals surface area contributed by atoms with Crippen LogP contribution in [-0.2, 0) is 12.8 Å². The Balaban J connectivity index is 1.82. The van der Waals surface area contributed by atoms with Crippen LogP contribution in [0.4, 0.5) is 0 Å². The smallest absolute Gasteiger partial charge is 0.160 e. The number of rotatable bonds is 3. The molecule has 0 aliphatic rings. The number of aryl methyl sites for hydroxylation is 2. The number of hydrogen-bond acceptors (Lipinski definition) is 2. The third kappa shape index (κ3) is 2.04. The highest BCUT2D eigenvalue weighted by atomic mass is 15.2. The summed E-state index contributed by atoms with van der Waals surface area (Å²) in [5.74, 6) is 1.02. The first-order valence-corrected chi connectivity index (χ1v) is 5.76. The van der Waals surface area contributed by atoms with Crippen molar-refractivity contribution in [2.45, 2.75) is 12.8 Å². The molecule has 3 rings (SSSR count). The van der Waals surface area contributed by atoms with Crippen molar-refractivity contribution in [1.82, 2.24) is 14.6 Å².